The van der Waals surface area contributed by atoms with Crippen LogP contribution >= 0.6 is 0 Å². The first kappa shape index (κ1) is 14.0. The average molecular weight is 269 g/mol. The Kier molecular flexibility index (Phi) is 4.49. The second-order valence-corrected chi connectivity index (χ2v) is 4.66. The molecule has 0 aliphatic heterocycles. The molecule has 0 spiro atoms. The highest BCUT2D eigenvalue weighted by Crippen LogP contribution is 2.30. The number of aliphatic hydroxyl groups excluding tert-OH is 1. The van der Waals surface area contributed by atoms with Gasteiger partial charge in [-0.1, -0.05) is 5.21 Å². The molecule has 0 radical (unpaired) electrons. The van der Waals surface area contributed by atoms with Crippen LogP contribution < -0.4 is 0 Å². The number of aliphatic hydroxyl groups is 1. The molecule has 1 heterocycles. The zero-order valence-corrected chi connectivity index (χ0v) is 11.2. The van der Waals surface area contributed by atoms with Crippen molar-refractivity contribution in [2.45, 2.75) is 38.3 Å². The highest BCUT2D eigenvalue weighted by Gasteiger charge is 2.30. The fourth-order valence-electron chi connectivity index (χ4n) is 2.34. The van der Waals surface area contributed by atoms with E-state index in [0.717, 1.165) is 19.3 Å². The predicted octanol–water partition coefficient (Wildman–Crippen LogP) is 0.476. The number of carbonyl (C=O) groups is 1. The lowest BCUT2D eigenvalue weighted by molar-refractivity contribution is 0.0380. The molecule has 2 rings (SSSR count). The van der Waals surface area contributed by atoms with Gasteiger partial charge in [-0.2, -0.15) is 0 Å². The van der Waals surface area contributed by atoms with Gasteiger partial charge >= 0.3 is 5.97 Å². The lowest BCUT2D eigenvalue weighted by Crippen LogP contribution is -2.21. The fourth-order valence-corrected chi connectivity index (χ4v) is 2.34. The molecule has 1 aromatic heterocycles. The van der Waals surface area contributed by atoms with Crippen LogP contribution in [0, 0.1) is 6.92 Å². The van der Waals surface area contributed by atoms with Crippen molar-refractivity contribution >= 4 is 5.97 Å². The van der Waals surface area contributed by atoms with E-state index in [4.69, 9.17) is 9.47 Å². The van der Waals surface area contributed by atoms with Gasteiger partial charge in [0, 0.05) is 7.11 Å². The third-order valence-electron chi connectivity index (χ3n) is 3.40. The molecule has 1 aliphatic carbocycles. The van der Waals surface area contributed by atoms with E-state index in [0.29, 0.717) is 12.3 Å². The van der Waals surface area contributed by atoms with E-state index in [1.165, 1.54) is 7.11 Å². The van der Waals surface area contributed by atoms with Crippen molar-refractivity contribution in [2.24, 2.45) is 0 Å². The van der Waals surface area contributed by atoms with Crippen molar-refractivity contribution in [1.29, 1.82) is 0 Å². The van der Waals surface area contributed by atoms with E-state index in [-0.39, 0.29) is 18.3 Å². The summed E-state index contributed by atoms with van der Waals surface area (Å²) in [5.74, 6) is -0.506. The standard InChI is InChI=1S/C12H19N3O4/c1-8-11(12(17)19-7-6-18-2)13-14-15(8)9-4-3-5-10(9)16/h9-10,16H,3-7H2,1-2H3. The molecule has 7 heteroatoms. The minimum absolute atomic E-state index is 0.0898. The van der Waals surface area contributed by atoms with Gasteiger partial charge in [0.1, 0.15) is 6.61 Å². The van der Waals surface area contributed by atoms with Gasteiger partial charge < -0.3 is 14.6 Å². The summed E-state index contributed by atoms with van der Waals surface area (Å²) in [5.41, 5.74) is 0.837. The Bertz CT molecular complexity index is 446. The highest BCUT2D eigenvalue weighted by molar-refractivity contribution is 5.88. The first-order valence-corrected chi connectivity index (χ1v) is 6.41. The third-order valence-corrected chi connectivity index (χ3v) is 3.40. The van der Waals surface area contributed by atoms with Gasteiger partial charge in [0.05, 0.1) is 24.4 Å². The fraction of sp³-hybridized carbons (Fsp3) is 0.750. The number of hydrogen-bond acceptors (Lipinski definition) is 6. The Labute approximate surface area is 111 Å². The van der Waals surface area contributed by atoms with E-state index >= 15 is 0 Å². The van der Waals surface area contributed by atoms with Gasteiger partial charge in [-0.05, 0) is 26.2 Å². The molecule has 0 aromatic carbocycles. The Morgan fingerprint density at radius 1 is 1.47 bits per heavy atom. The maximum absolute atomic E-state index is 11.8. The van der Waals surface area contributed by atoms with Gasteiger partial charge in [-0.15, -0.1) is 5.10 Å². The Hall–Kier alpha value is -1.47. The summed E-state index contributed by atoms with van der Waals surface area (Å²) in [6.07, 6.45) is 2.15. The van der Waals surface area contributed by atoms with Gasteiger partial charge in [0.15, 0.2) is 5.69 Å². The van der Waals surface area contributed by atoms with Crippen LogP contribution in [0.3, 0.4) is 0 Å². The summed E-state index contributed by atoms with van der Waals surface area (Å²) in [6, 6.07) is -0.0898. The molecule has 1 N–H and O–H groups in total. The normalized spacial score (nSPS) is 22.7. The topological polar surface area (TPSA) is 86.5 Å². The number of carbonyl (C=O) groups excluding carboxylic acids is 1. The van der Waals surface area contributed by atoms with Crippen LogP contribution in [0.15, 0.2) is 0 Å². The average Bonchev–Trinajstić information content (AvgIpc) is 2.95. The number of hydrogen-bond donors (Lipinski definition) is 1. The van der Waals surface area contributed by atoms with E-state index in [1.807, 2.05) is 0 Å². The van der Waals surface area contributed by atoms with E-state index in [2.05, 4.69) is 10.3 Å². The molecule has 1 saturated carbocycles. The molecule has 0 bridgehead atoms. The number of nitrogens with zero attached hydrogens (tertiary/aromatic N) is 3. The molecular formula is C12H19N3O4. The molecular weight excluding hydrogens is 250 g/mol. The molecule has 1 aliphatic rings. The van der Waals surface area contributed by atoms with Crippen molar-refractivity contribution in [3.63, 3.8) is 0 Å². The molecule has 19 heavy (non-hydrogen) atoms. The highest BCUT2D eigenvalue weighted by atomic mass is 16.6. The zero-order valence-electron chi connectivity index (χ0n) is 11.2. The number of methoxy groups -OCH3 is 1. The van der Waals surface area contributed by atoms with E-state index < -0.39 is 12.1 Å². The minimum atomic E-state index is -0.506. The van der Waals surface area contributed by atoms with Crippen LogP contribution in [-0.4, -0.2) is 52.5 Å². The molecule has 0 saturated heterocycles. The smallest absolute Gasteiger partial charge is 0.360 e. The van der Waals surface area contributed by atoms with Gasteiger partial charge in [0.2, 0.25) is 0 Å². The monoisotopic (exact) mass is 269 g/mol. The summed E-state index contributed by atoms with van der Waals surface area (Å²) < 4.78 is 11.4. The molecule has 2 unspecified atom stereocenters. The molecule has 1 aromatic rings. The van der Waals surface area contributed by atoms with Crippen LogP contribution in [0.25, 0.3) is 0 Å². The molecule has 1 fully saturated rings. The summed E-state index contributed by atoms with van der Waals surface area (Å²) >= 11 is 0. The Morgan fingerprint density at radius 2 is 2.26 bits per heavy atom. The second-order valence-electron chi connectivity index (χ2n) is 4.66. The lowest BCUT2D eigenvalue weighted by Gasteiger charge is -2.15. The van der Waals surface area contributed by atoms with E-state index in [9.17, 15) is 9.90 Å². The van der Waals surface area contributed by atoms with Crippen molar-refractivity contribution < 1.29 is 19.4 Å². The SMILES string of the molecule is COCCOC(=O)c1nnn(C2CCCC2O)c1C. The van der Waals surface area contributed by atoms with Gasteiger partial charge in [-0.3, -0.25) is 0 Å². The molecule has 106 valence electrons. The van der Waals surface area contributed by atoms with Crippen molar-refractivity contribution in [2.75, 3.05) is 20.3 Å². The van der Waals surface area contributed by atoms with Gasteiger partial charge in [-0.25, -0.2) is 9.48 Å². The summed E-state index contributed by atoms with van der Waals surface area (Å²) in [5, 5.41) is 17.7. The van der Waals surface area contributed by atoms with Crippen molar-refractivity contribution in [3.05, 3.63) is 11.4 Å². The first-order valence-electron chi connectivity index (χ1n) is 6.41. The van der Waals surface area contributed by atoms with Crippen molar-refractivity contribution in [1.82, 2.24) is 15.0 Å². The lowest BCUT2D eigenvalue weighted by atomic mass is 10.2. The number of rotatable bonds is 5. The third kappa shape index (κ3) is 2.93. The maximum atomic E-state index is 11.8. The number of esters is 1. The molecule has 7 nitrogen and oxygen atoms in total. The van der Waals surface area contributed by atoms with Crippen molar-refractivity contribution in [3.8, 4) is 0 Å². The molecule has 2 atom stereocenters. The zero-order chi connectivity index (χ0) is 13.8. The van der Waals surface area contributed by atoms with E-state index in [1.54, 1.807) is 11.6 Å². The quantitative estimate of drug-likeness (QED) is 0.618. The maximum Gasteiger partial charge on any atom is 0.360 e. The number of ether oxygens (including phenoxy) is 2. The Morgan fingerprint density at radius 3 is 2.89 bits per heavy atom. The van der Waals surface area contributed by atoms with Crippen LogP contribution in [0.1, 0.15) is 41.5 Å². The second kappa shape index (κ2) is 6.12. The summed E-state index contributed by atoms with van der Waals surface area (Å²) in [7, 11) is 1.54. The number of aromatic nitrogens is 3. The predicted molar refractivity (Wildman–Crippen MR) is 65.8 cm³/mol. The molecule has 0 amide bonds. The largest absolute Gasteiger partial charge is 0.458 e. The van der Waals surface area contributed by atoms with Crippen LogP contribution in [0.5, 0.6) is 0 Å². The minimum Gasteiger partial charge on any atom is -0.458 e. The van der Waals surface area contributed by atoms with Crippen LogP contribution in [-0.2, 0) is 9.47 Å². The van der Waals surface area contributed by atoms with Crippen LogP contribution in [0.2, 0.25) is 0 Å². The Balaban J connectivity index is 2.07. The first-order chi connectivity index (χ1) is 9.15. The van der Waals surface area contributed by atoms with Crippen LogP contribution in [0.4, 0.5) is 0 Å². The summed E-state index contributed by atoms with van der Waals surface area (Å²) in [6.45, 7) is 2.30. The van der Waals surface area contributed by atoms with Gasteiger partial charge in [0.25, 0.3) is 0 Å². The summed E-state index contributed by atoms with van der Waals surface area (Å²) in [4.78, 5) is 11.8.